The van der Waals surface area contributed by atoms with Crippen LogP contribution in [0, 0.1) is 11.8 Å². The van der Waals surface area contributed by atoms with Crippen LogP contribution in [-0.4, -0.2) is 53.2 Å². The number of nitrogens with one attached hydrogen (secondary N) is 2. The third-order valence-corrected chi connectivity index (χ3v) is 6.62. The number of aromatic amines is 1. The Morgan fingerprint density at radius 2 is 2.07 bits per heavy atom. The maximum atomic E-state index is 12.5. The number of hydrogen-bond acceptors (Lipinski definition) is 5. The van der Waals surface area contributed by atoms with E-state index < -0.39 is 0 Å². The van der Waals surface area contributed by atoms with Crippen molar-refractivity contribution in [2.45, 2.75) is 31.4 Å². The predicted molar refractivity (Wildman–Crippen MR) is 115 cm³/mol. The molecule has 1 aromatic carbocycles. The molecule has 2 aliphatic rings. The van der Waals surface area contributed by atoms with Gasteiger partial charge < -0.3 is 19.9 Å². The number of H-pyrrole nitrogens is 1. The first-order valence-corrected chi connectivity index (χ1v) is 10.6. The molecule has 0 radical (unpaired) electrons. The number of nitrogens with zero attached hydrogens (tertiary/aromatic N) is 3. The Labute approximate surface area is 175 Å². The molecule has 4 atom stereocenters. The summed E-state index contributed by atoms with van der Waals surface area (Å²) < 4.78 is 5.79. The number of carbonyl (C=O) groups excluding carboxylic acids is 1. The Balaban J connectivity index is 1.30. The summed E-state index contributed by atoms with van der Waals surface area (Å²) in [6.07, 6.45) is 7.42. The number of hydrogen-bond donors (Lipinski definition) is 2. The highest BCUT2D eigenvalue weighted by atomic mass is 16.5. The predicted octanol–water partition coefficient (Wildman–Crippen LogP) is 2.55. The van der Waals surface area contributed by atoms with Crippen molar-refractivity contribution in [1.82, 2.24) is 20.3 Å². The highest BCUT2D eigenvalue weighted by molar-refractivity contribution is 5.92. The maximum absolute atomic E-state index is 12.5. The number of aromatic nitrogens is 3. The first-order valence-electron chi connectivity index (χ1n) is 10.6. The lowest BCUT2D eigenvalue weighted by Gasteiger charge is -2.37. The molecular formula is C23H27N5O2. The summed E-state index contributed by atoms with van der Waals surface area (Å²) in [7, 11) is 1.75. The van der Waals surface area contributed by atoms with Crippen LogP contribution in [0.15, 0.2) is 49.1 Å². The molecule has 1 saturated heterocycles. The Morgan fingerprint density at radius 3 is 2.87 bits per heavy atom. The van der Waals surface area contributed by atoms with E-state index in [0.717, 1.165) is 37.4 Å². The molecule has 0 bridgehead atoms. The zero-order valence-corrected chi connectivity index (χ0v) is 17.1. The fourth-order valence-corrected chi connectivity index (χ4v) is 5.17. The molecule has 2 fully saturated rings. The van der Waals surface area contributed by atoms with Gasteiger partial charge in [0.2, 0.25) is 5.91 Å². The van der Waals surface area contributed by atoms with Gasteiger partial charge in [0, 0.05) is 43.7 Å². The molecule has 0 spiro atoms. The van der Waals surface area contributed by atoms with Crippen LogP contribution in [0.25, 0.3) is 10.8 Å². The van der Waals surface area contributed by atoms with E-state index in [0.29, 0.717) is 18.3 Å². The van der Waals surface area contributed by atoms with E-state index in [-0.39, 0.29) is 18.1 Å². The van der Waals surface area contributed by atoms with Crippen LogP contribution >= 0.6 is 0 Å². The summed E-state index contributed by atoms with van der Waals surface area (Å²) >= 11 is 0. The number of fused-ring (bicyclic) bond motifs is 2. The molecule has 30 heavy (non-hydrogen) atoms. The number of rotatable bonds is 5. The lowest BCUT2D eigenvalue weighted by Crippen LogP contribution is -2.50. The molecule has 3 heterocycles. The molecule has 5 rings (SSSR count). The van der Waals surface area contributed by atoms with Crippen molar-refractivity contribution in [2.75, 3.05) is 25.1 Å². The van der Waals surface area contributed by atoms with Crippen LogP contribution in [0.4, 0.5) is 5.82 Å². The van der Waals surface area contributed by atoms with Crippen molar-refractivity contribution >= 4 is 22.5 Å². The van der Waals surface area contributed by atoms with Gasteiger partial charge in [-0.1, -0.05) is 24.3 Å². The lowest BCUT2D eigenvalue weighted by molar-refractivity contribution is -0.123. The first-order chi connectivity index (χ1) is 14.7. The lowest BCUT2D eigenvalue weighted by atomic mass is 9.77. The number of anilines is 1. The SMILES string of the molecule is CO[C@H]1C[C@@H]2CN(c3nccc4ccccc34)C[C@@H]2C[C@@H]1NC(=O)Cc1cnc[nH]1. The maximum Gasteiger partial charge on any atom is 0.226 e. The van der Waals surface area contributed by atoms with Crippen molar-refractivity contribution in [1.29, 1.82) is 0 Å². The minimum atomic E-state index is 0.00956. The number of ether oxygens (including phenoxy) is 1. The van der Waals surface area contributed by atoms with Gasteiger partial charge in [0.05, 0.1) is 24.9 Å². The molecule has 1 aliphatic heterocycles. The van der Waals surface area contributed by atoms with Crippen molar-refractivity contribution < 1.29 is 9.53 Å². The van der Waals surface area contributed by atoms with Gasteiger partial charge in [-0.2, -0.15) is 0 Å². The number of carbonyl (C=O) groups is 1. The second-order valence-electron chi connectivity index (χ2n) is 8.45. The normalized spacial score (nSPS) is 26.0. The van der Waals surface area contributed by atoms with Gasteiger partial charge in [-0.25, -0.2) is 9.97 Å². The van der Waals surface area contributed by atoms with Gasteiger partial charge in [0.1, 0.15) is 5.82 Å². The van der Waals surface area contributed by atoms with E-state index in [4.69, 9.17) is 9.72 Å². The Morgan fingerprint density at radius 1 is 1.23 bits per heavy atom. The minimum Gasteiger partial charge on any atom is -0.379 e. The van der Waals surface area contributed by atoms with Gasteiger partial charge in [-0.3, -0.25) is 4.79 Å². The number of benzene rings is 1. The van der Waals surface area contributed by atoms with Gasteiger partial charge in [-0.05, 0) is 36.1 Å². The van der Waals surface area contributed by atoms with Crippen molar-refractivity contribution in [2.24, 2.45) is 11.8 Å². The fraction of sp³-hybridized carbons (Fsp3) is 0.435. The molecule has 0 unspecified atom stereocenters. The van der Waals surface area contributed by atoms with Crippen LogP contribution < -0.4 is 10.2 Å². The van der Waals surface area contributed by atoms with E-state index in [1.165, 1.54) is 10.8 Å². The molecule has 7 nitrogen and oxygen atoms in total. The van der Waals surface area contributed by atoms with Crippen molar-refractivity contribution in [3.05, 3.63) is 54.7 Å². The monoisotopic (exact) mass is 405 g/mol. The van der Waals surface area contributed by atoms with E-state index in [2.05, 4.69) is 50.5 Å². The summed E-state index contributed by atoms with van der Waals surface area (Å²) in [6.45, 7) is 1.95. The summed E-state index contributed by atoms with van der Waals surface area (Å²) in [5.74, 6) is 2.15. The molecule has 2 aromatic heterocycles. The topological polar surface area (TPSA) is 83.1 Å². The molecule has 156 valence electrons. The number of methoxy groups -OCH3 is 1. The van der Waals surface area contributed by atoms with Crippen LogP contribution in [0.3, 0.4) is 0 Å². The van der Waals surface area contributed by atoms with Crippen LogP contribution in [0.2, 0.25) is 0 Å². The highest BCUT2D eigenvalue weighted by Crippen LogP contribution is 2.40. The van der Waals surface area contributed by atoms with Crippen LogP contribution in [0.5, 0.6) is 0 Å². The Hall–Kier alpha value is -2.93. The highest BCUT2D eigenvalue weighted by Gasteiger charge is 2.43. The van der Waals surface area contributed by atoms with Gasteiger partial charge in [-0.15, -0.1) is 0 Å². The molecule has 7 heteroatoms. The van der Waals surface area contributed by atoms with Crippen molar-refractivity contribution in [3.63, 3.8) is 0 Å². The second kappa shape index (κ2) is 8.07. The fourth-order valence-electron chi connectivity index (χ4n) is 5.17. The summed E-state index contributed by atoms with van der Waals surface area (Å²) in [5.41, 5.74) is 0.823. The largest absolute Gasteiger partial charge is 0.379 e. The van der Waals surface area contributed by atoms with Gasteiger partial charge >= 0.3 is 0 Å². The third kappa shape index (κ3) is 3.65. The van der Waals surface area contributed by atoms with E-state index in [1.807, 2.05) is 6.20 Å². The molecule has 1 amide bonds. The molecule has 1 aliphatic carbocycles. The molecular weight excluding hydrogens is 378 g/mol. The average Bonchev–Trinajstić information content (AvgIpc) is 3.42. The second-order valence-corrected chi connectivity index (χ2v) is 8.45. The summed E-state index contributed by atoms with van der Waals surface area (Å²) in [4.78, 5) is 26.6. The van der Waals surface area contributed by atoms with E-state index in [1.54, 1.807) is 19.6 Å². The Kier molecular flexibility index (Phi) is 5.12. The number of amides is 1. The quantitative estimate of drug-likeness (QED) is 0.682. The van der Waals surface area contributed by atoms with Crippen LogP contribution in [-0.2, 0) is 16.0 Å². The average molecular weight is 406 g/mol. The zero-order chi connectivity index (χ0) is 20.5. The van der Waals surface area contributed by atoms with Crippen molar-refractivity contribution in [3.8, 4) is 0 Å². The van der Waals surface area contributed by atoms with Gasteiger partial charge in [0.15, 0.2) is 0 Å². The van der Waals surface area contributed by atoms with Crippen LogP contribution in [0.1, 0.15) is 18.5 Å². The smallest absolute Gasteiger partial charge is 0.226 e. The summed E-state index contributed by atoms with van der Waals surface area (Å²) in [5, 5.41) is 5.63. The molecule has 3 aromatic rings. The molecule has 2 N–H and O–H groups in total. The standard InChI is InChI=1S/C23H27N5O2/c1-30-21-9-17-13-28(23-19-5-3-2-4-15(19)6-7-25-23)12-16(17)8-20(21)27-22(29)10-18-11-24-14-26-18/h2-7,11,14,16-17,20-21H,8-10,12-13H2,1H3,(H,24,26)(H,27,29)/t16-,17+,20-,21-/m0/s1. The van der Waals surface area contributed by atoms with E-state index in [9.17, 15) is 4.79 Å². The van der Waals surface area contributed by atoms with Gasteiger partial charge in [0.25, 0.3) is 0 Å². The summed E-state index contributed by atoms with van der Waals surface area (Å²) in [6, 6.07) is 10.5. The minimum absolute atomic E-state index is 0.00956. The third-order valence-electron chi connectivity index (χ3n) is 6.62. The zero-order valence-electron chi connectivity index (χ0n) is 17.1. The molecule has 1 saturated carbocycles. The number of pyridine rings is 1. The number of imidazole rings is 1. The first kappa shape index (κ1) is 19.1. The van der Waals surface area contributed by atoms with E-state index >= 15 is 0 Å². The Bertz CT molecular complexity index is 1020.